The Kier molecular flexibility index (Phi) is 2.52. The first-order chi connectivity index (χ1) is 6.90. The molecule has 2 rings (SSSR count). The molecule has 0 amide bonds. The Morgan fingerprint density at radius 1 is 1.21 bits per heavy atom. The van der Waals surface area contributed by atoms with Gasteiger partial charge in [-0.15, -0.1) is 10.2 Å². The number of hydrogen-bond donors (Lipinski definition) is 0. The van der Waals surface area contributed by atoms with Crippen molar-refractivity contribution >= 4 is 11.3 Å². The predicted molar refractivity (Wildman–Crippen MR) is 54.7 cm³/mol. The van der Waals surface area contributed by atoms with Gasteiger partial charge in [-0.2, -0.15) is 5.26 Å². The third-order valence-corrected chi connectivity index (χ3v) is 2.69. The Morgan fingerprint density at radius 2 is 2.00 bits per heavy atom. The number of aromatic nitrogens is 2. The minimum atomic E-state index is 0.338. The van der Waals surface area contributed by atoms with Crippen molar-refractivity contribution in [3.05, 3.63) is 35.3 Å². The summed E-state index contributed by atoms with van der Waals surface area (Å²) < 4.78 is 0. The van der Waals surface area contributed by atoms with Crippen molar-refractivity contribution in [2.45, 2.75) is 6.42 Å². The average Bonchev–Trinajstić information content (AvgIpc) is 2.68. The van der Waals surface area contributed by atoms with Crippen LogP contribution in [0.2, 0.25) is 0 Å². The van der Waals surface area contributed by atoms with Crippen LogP contribution in [0.5, 0.6) is 0 Å². The van der Waals surface area contributed by atoms with Gasteiger partial charge >= 0.3 is 0 Å². The predicted octanol–water partition coefficient (Wildman–Crippen LogP) is 2.27. The van der Waals surface area contributed by atoms with Crippen LogP contribution in [0.1, 0.15) is 5.01 Å². The lowest BCUT2D eigenvalue weighted by molar-refractivity contribution is 1.02. The van der Waals surface area contributed by atoms with Crippen LogP contribution in [0.3, 0.4) is 0 Å². The maximum absolute atomic E-state index is 8.49. The van der Waals surface area contributed by atoms with Gasteiger partial charge in [0.2, 0.25) is 0 Å². The van der Waals surface area contributed by atoms with Gasteiger partial charge in [-0.1, -0.05) is 41.7 Å². The molecule has 0 aliphatic carbocycles. The number of nitrogens with zero attached hydrogens (tertiary/aromatic N) is 3. The van der Waals surface area contributed by atoms with Crippen LogP contribution < -0.4 is 0 Å². The Morgan fingerprint density at radius 3 is 2.71 bits per heavy atom. The van der Waals surface area contributed by atoms with Crippen molar-refractivity contribution in [2.24, 2.45) is 0 Å². The fourth-order valence-corrected chi connectivity index (χ4v) is 1.87. The fraction of sp³-hybridized carbons (Fsp3) is 0.100. The molecule has 0 bridgehead atoms. The quantitative estimate of drug-likeness (QED) is 0.748. The number of hydrogen-bond acceptors (Lipinski definition) is 4. The lowest BCUT2D eigenvalue weighted by Crippen LogP contribution is -1.78. The zero-order valence-electron chi connectivity index (χ0n) is 7.34. The standard InChI is InChI=1S/C10H7N3S/c11-7-6-9-12-13-10(14-9)8-4-2-1-3-5-8/h1-5H,6H2. The fourth-order valence-electron chi connectivity index (χ4n) is 1.09. The average molecular weight is 201 g/mol. The normalized spacial score (nSPS) is 9.64. The van der Waals surface area contributed by atoms with Gasteiger partial charge in [-0.3, -0.25) is 0 Å². The molecule has 2 aromatic rings. The Balaban J connectivity index is 2.31. The highest BCUT2D eigenvalue weighted by Gasteiger charge is 2.04. The van der Waals surface area contributed by atoms with Crippen LogP contribution in [0.15, 0.2) is 30.3 Å². The van der Waals surface area contributed by atoms with Crippen LogP contribution in [0.25, 0.3) is 10.6 Å². The highest BCUT2D eigenvalue weighted by molar-refractivity contribution is 7.14. The molecule has 0 atom stereocenters. The molecule has 4 heteroatoms. The molecule has 0 aliphatic heterocycles. The first-order valence-corrected chi connectivity index (χ1v) is 4.96. The molecule has 3 nitrogen and oxygen atoms in total. The zero-order valence-corrected chi connectivity index (χ0v) is 8.16. The molecular weight excluding hydrogens is 194 g/mol. The van der Waals surface area contributed by atoms with E-state index < -0.39 is 0 Å². The molecule has 0 unspecified atom stereocenters. The maximum atomic E-state index is 8.49. The summed E-state index contributed by atoms with van der Waals surface area (Å²) >= 11 is 1.47. The second-order valence-corrected chi connectivity index (χ2v) is 3.76. The molecular formula is C10H7N3S. The van der Waals surface area contributed by atoms with Gasteiger partial charge in [0.25, 0.3) is 0 Å². The summed E-state index contributed by atoms with van der Waals surface area (Å²) in [6.07, 6.45) is 0.338. The molecule has 0 aliphatic rings. The van der Waals surface area contributed by atoms with E-state index in [0.717, 1.165) is 15.6 Å². The van der Waals surface area contributed by atoms with Crippen molar-refractivity contribution < 1.29 is 0 Å². The van der Waals surface area contributed by atoms with E-state index in [1.807, 2.05) is 30.3 Å². The second kappa shape index (κ2) is 3.99. The van der Waals surface area contributed by atoms with E-state index in [1.165, 1.54) is 11.3 Å². The smallest absolute Gasteiger partial charge is 0.147 e. The summed E-state index contributed by atoms with van der Waals surface area (Å²) in [5.41, 5.74) is 1.05. The Hall–Kier alpha value is -1.73. The van der Waals surface area contributed by atoms with E-state index in [1.54, 1.807) is 0 Å². The molecule has 14 heavy (non-hydrogen) atoms. The minimum Gasteiger partial charge on any atom is -0.198 e. The molecule has 0 saturated heterocycles. The topological polar surface area (TPSA) is 49.6 Å². The van der Waals surface area contributed by atoms with Crippen molar-refractivity contribution in [1.82, 2.24) is 10.2 Å². The first kappa shape index (κ1) is 8.85. The van der Waals surface area contributed by atoms with Crippen molar-refractivity contribution in [3.63, 3.8) is 0 Å². The SMILES string of the molecule is N#CCc1nnc(-c2ccccc2)s1. The maximum Gasteiger partial charge on any atom is 0.147 e. The van der Waals surface area contributed by atoms with Crippen LogP contribution in [0.4, 0.5) is 0 Å². The molecule has 1 aromatic heterocycles. The van der Waals surface area contributed by atoms with Gasteiger partial charge in [0.15, 0.2) is 0 Å². The third kappa shape index (κ3) is 1.78. The zero-order chi connectivity index (χ0) is 9.80. The van der Waals surface area contributed by atoms with Gasteiger partial charge in [0.05, 0.1) is 12.5 Å². The molecule has 68 valence electrons. The number of nitriles is 1. The van der Waals surface area contributed by atoms with E-state index in [2.05, 4.69) is 16.3 Å². The van der Waals surface area contributed by atoms with Crippen molar-refractivity contribution in [1.29, 1.82) is 5.26 Å². The summed E-state index contributed by atoms with van der Waals surface area (Å²) in [6, 6.07) is 11.9. The number of benzene rings is 1. The summed E-state index contributed by atoms with van der Waals surface area (Å²) in [5.74, 6) is 0. The van der Waals surface area contributed by atoms with E-state index in [0.29, 0.717) is 6.42 Å². The summed E-state index contributed by atoms with van der Waals surface area (Å²) in [6.45, 7) is 0. The van der Waals surface area contributed by atoms with Gasteiger partial charge in [0.1, 0.15) is 10.0 Å². The molecule has 0 spiro atoms. The molecule has 0 radical (unpaired) electrons. The summed E-state index contributed by atoms with van der Waals surface area (Å²) in [5, 5.41) is 18.1. The monoisotopic (exact) mass is 201 g/mol. The van der Waals surface area contributed by atoms with Gasteiger partial charge < -0.3 is 0 Å². The van der Waals surface area contributed by atoms with Gasteiger partial charge in [-0.25, -0.2) is 0 Å². The Labute approximate surface area is 85.7 Å². The molecule has 0 fully saturated rings. The van der Waals surface area contributed by atoms with Crippen LogP contribution in [-0.2, 0) is 6.42 Å². The number of rotatable bonds is 2. The summed E-state index contributed by atoms with van der Waals surface area (Å²) in [7, 11) is 0. The van der Waals surface area contributed by atoms with Crippen LogP contribution in [-0.4, -0.2) is 10.2 Å². The van der Waals surface area contributed by atoms with E-state index >= 15 is 0 Å². The van der Waals surface area contributed by atoms with E-state index in [9.17, 15) is 0 Å². The summed E-state index contributed by atoms with van der Waals surface area (Å²) in [4.78, 5) is 0. The van der Waals surface area contributed by atoms with Crippen LogP contribution in [0, 0.1) is 11.3 Å². The van der Waals surface area contributed by atoms with E-state index in [4.69, 9.17) is 5.26 Å². The molecule has 0 N–H and O–H groups in total. The molecule has 0 saturated carbocycles. The first-order valence-electron chi connectivity index (χ1n) is 4.15. The minimum absolute atomic E-state index is 0.338. The van der Waals surface area contributed by atoms with E-state index in [-0.39, 0.29) is 0 Å². The van der Waals surface area contributed by atoms with Gasteiger partial charge in [-0.05, 0) is 0 Å². The van der Waals surface area contributed by atoms with Gasteiger partial charge in [0, 0.05) is 5.56 Å². The largest absolute Gasteiger partial charge is 0.198 e. The highest BCUT2D eigenvalue weighted by atomic mass is 32.1. The Bertz CT molecular complexity index is 456. The lowest BCUT2D eigenvalue weighted by atomic mass is 10.2. The van der Waals surface area contributed by atoms with Crippen LogP contribution >= 0.6 is 11.3 Å². The molecule has 1 heterocycles. The van der Waals surface area contributed by atoms with Crippen molar-refractivity contribution in [3.8, 4) is 16.6 Å². The third-order valence-electron chi connectivity index (χ3n) is 1.72. The highest BCUT2D eigenvalue weighted by Crippen LogP contribution is 2.22. The second-order valence-electron chi connectivity index (χ2n) is 2.70. The lowest BCUT2D eigenvalue weighted by Gasteiger charge is -1.91. The molecule has 1 aromatic carbocycles. The van der Waals surface area contributed by atoms with Crippen molar-refractivity contribution in [2.75, 3.05) is 0 Å².